The van der Waals surface area contributed by atoms with Gasteiger partial charge in [-0.2, -0.15) is 0 Å². The minimum absolute atomic E-state index is 0.161. The maximum absolute atomic E-state index is 13.4. The van der Waals surface area contributed by atoms with Crippen molar-refractivity contribution < 1.29 is 13.9 Å². The van der Waals surface area contributed by atoms with Gasteiger partial charge in [0, 0.05) is 10.0 Å². The molecule has 0 bridgehead atoms. The Morgan fingerprint density at radius 3 is 2.47 bits per heavy atom. The van der Waals surface area contributed by atoms with Crippen molar-refractivity contribution in [2.75, 3.05) is 6.61 Å². The van der Waals surface area contributed by atoms with Crippen LogP contribution in [0.3, 0.4) is 0 Å². The monoisotopic (exact) mass is 461 g/mol. The quantitative estimate of drug-likeness (QED) is 0.224. The lowest BCUT2D eigenvalue weighted by Crippen LogP contribution is -2.04. The standard InChI is InChI=1S/C25H20BrNO3/c1-2-15-29-20-13-9-18(10-14-20)24(28)21(16-17-7-11-19(26)12-8-17)25-27-22-5-3-4-6-23(22)30-25/h3-14,16H,2,15H2,1H3. The highest BCUT2D eigenvalue weighted by molar-refractivity contribution is 9.10. The molecule has 4 aromatic rings. The molecule has 0 radical (unpaired) electrons. The van der Waals surface area contributed by atoms with E-state index < -0.39 is 0 Å². The zero-order valence-electron chi connectivity index (χ0n) is 16.5. The molecule has 0 saturated carbocycles. The van der Waals surface area contributed by atoms with Gasteiger partial charge < -0.3 is 9.15 Å². The summed E-state index contributed by atoms with van der Waals surface area (Å²) in [6.07, 6.45) is 2.74. The molecule has 0 saturated heterocycles. The lowest BCUT2D eigenvalue weighted by atomic mass is 10.0. The van der Waals surface area contributed by atoms with E-state index in [0.717, 1.165) is 22.2 Å². The van der Waals surface area contributed by atoms with Crippen LogP contribution in [0.25, 0.3) is 22.7 Å². The van der Waals surface area contributed by atoms with Crippen molar-refractivity contribution in [3.05, 3.63) is 94.3 Å². The second-order valence-corrected chi connectivity index (χ2v) is 7.71. The number of aromatic nitrogens is 1. The lowest BCUT2D eigenvalue weighted by molar-refractivity contribution is 0.105. The summed E-state index contributed by atoms with van der Waals surface area (Å²) in [7, 11) is 0. The van der Waals surface area contributed by atoms with Gasteiger partial charge in [0.1, 0.15) is 11.3 Å². The molecule has 4 nitrogen and oxygen atoms in total. The molecule has 30 heavy (non-hydrogen) atoms. The van der Waals surface area contributed by atoms with Crippen molar-refractivity contribution in [2.45, 2.75) is 13.3 Å². The largest absolute Gasteiger partial charge is 0.494 e. The molecular formula is C25H20BrNO3. The molecule has 0 aliphatic heterocycles. The number of benzene rings is 3. The fourth-order valence-electron chi connectivity index (χ4n) is 3.02. The van der Waals surface area contributed by atoms with Gasteiger partial charge in [0.25, 0.3) is 0 Å². The van der Waals surface area contributed by atoms with Crippen molar-refractivity contribution in [3.63, 3.8) is 0 Å². The minimum atomic E-state index is -0.161. The zero-order chi connectivity index (χ0) is 20.9. The first kappa shape index (κ1) is 20.1. The SMILES string of the molecule is CCCOc1ccc(C(=O)C(=Cc2ccc(Br)cc2)c2nc3ccccc3o2)cc1. The van der Waals surface area contributed by atoms with Crippen LogP contribution in [0.2, 0.25) is 0 Å². The Kier molecular flexibility index (Phi) is 6.10. The first-order valence-corrected chi connectivity index (χ1v) is 10.5. The summed E-state index contributed by atoms with van der Waals surface area (Å²) >= 11 is 3.44. The van der Waals surface area contributed by atoms with Crippen LogP contribution in [0, 0.1) is 0 Å². The minimum Gasteiger partial charge on any atom is -0.494 e. The van der Waals surface area contributed by atoms with E-state index in [0.29, 0.717) is 34.7 Å². The summed E-state index contributed by atoms with van der Waals surface area (Å²) in [6, 6.07) is 22.4. The Labute approximate surface area is 183 Å². The molecule has 1 heterocycles. The van der Waals surface area contributed by atoms with Crippen molar-refractivity contribution in [1.29, 1.82) is 0 Å². The summed E-state index contributed by atoms with van der Waals surface area (Å²) in [5.41, 5.74) is 3.18. The Bertz CT molecular complexity index is 1160. The molecule has 1 aromatic heterocycles. The van der Waals surface area contributed by atoms with Gasteiger partial charge in [-0.05, 0) is 66.6 Å². The van der Waals surface area contributed by atoms with Gasteiger partial charge in [0.2, 0.25) is 5.89 Å². The number of ketones is 1. The Morgan fingerprint density at radius 2 is 1.77 bits per heavy atom. The summed E-state index contributed by atoms with van der Waals surface area (Å²) in [6.45, 7) is 2.70. The van der Waals surface area contributed by atoms with E-state index in [4.69, 9.17) is 9.15 Å². The van der Waals surface area contributed by atoms with E-state index in [1.54, 1.807) is 18.2 Å². The number of hydrogen-bond acceptors (Lipinski definition) is 4. The smallest absolute Gasteiger partial charge is 0.231 e. The van der Waals surface area contributed by atoms with Crippen molar-refractivity contribution in [3.8, 4) is 5.75 Å². The van der Waals surface area contributed by atoms with E-state index in [1.165, 1.54) is 0 Å². The van der Waals surface area contributed by atoms with Crippen LogP contribution < -0.4 is 4.74 Å². The number of Topliss-reactive ketones (excluding diaryl/α,β-unsaturated/α-hetero) is 1. The third kappa shape index (κ3) is 4.52. The van der Waals surface area contributed by atoms with Crippen LogP contribution in [-0.4, -0.2) is 17.4 Å². The van der Waals surface area contributed by atoms with Crippen LogP contribution in [0.5, 0.6) is 5.75 Å². The number of oxazole rings is 1. The first-order valence-electron chi connectivity index (χ1n) is 9.75. The van der Waals surface area contributed by atoms with Crippen molar-refractivity contribution >= 4 is 44.5 Å². The van der Waals surface area contributed by atoms with E-state index in [2.05, 4.69) is 27.8 Å². The van der Waals surface area contributed by atoms with Gasteiger partial charge in [-0.1, -0.05) is 47.1 Å². The third-order valence-electron chi connectivity index (χ3n) is 4.54. The molecule has 0 fully saturated rings. The fourth-order valence-corrected chi connectivity index (χ4v) is 3.28. The summed E-state index contributed by atoms with van der Waals surface area (Å²) in [5, 5.41) is 0. The van der Waals surface area contributed by atoms with Crippen LogP contribution in [-0.2, 0) is 0 Å². The predicted molar refractivity (Wildman–Crippen MR) is 123 cm³/mol. The second-order valence-electron chi connectivity index (χ2n) is 6.80. The third-order valence-corrected chi connectivity index (χ3v) is 5.07. The number of rotatable bonds is 7. The van der Waals surface area contributed by atoms with Gasteiger partial charge in [-0.25, -0.2) is 4.98 Å². The highest BCUT2D eigenvalue weighted by Crippen LogP contribution is 2.27. The highest BCUT2D eigenvalue weighted by atomic mass is 79.9. The van der Waals surface area contributed by atoms with Crippen molar-refractivity contribution in [2.24, 2.45) is 0 Å². The molecule has 0 unspecified atom stereocenters. The highest BCUT2D eigenvalue weighted by Gasteiger charge is 2.20. The van der Waals surface area contributed by atoms with E-state index in [9.17, 15) is 4.79 Å². The number of halogens is 1. The molecule has 5 heteroatoms. The van der Waals surface area contributed by atoms with E-state index in [-0.39, 0.29) is 5.78 Å². The molecule has 4 rings (SSSR count). The first-order chi connectivity index (χ1) is 14.6. The summed E-state index contributed by atoms with van der Waals surface area (Å²) in [4.78, 5) is 17.9. The average molecular weight is 462 g/mol. The van der Waals surface area contributed by atoms with Gasteiger partial charge in [-0.15, -0.1) is 0 Å². The summed E-state index contributed by atoms with van der Waals surface area (Å²) < 4.78 is 12.5. The van der Waals surface area contributed by atoms with Gasteiger partial charge in [0.05, 0.1) is 12.2 Å². The van der Waals surface area contributed by atoms with Crippen LogP contribution in [0.1, 0.15) is 35.2 Å². The maximum Gasteiger partial charge on any atom is 0.231 e. The Balaban J connectivity index is 1.74. The number of carbonyl (C=O) groups excluding carboxylic acids is 1. The Hall–Kier alpha value is -3.18. The number of fused-ring (bicyclic) bond motifs is 1. The second kappa shape index (κ2) is 9.09. The van der Waals surface area contributed by atoms with Crippen LogP contribution in [0.4, 0.5) is 0 Å². The molecular weight excluding hydrogens is 442 g/mol. The number of ether oxygens (including phenoxy) is 1. The predicted octanol–water partition coefficient (Wildman–Crippen LogP) is 6.80. The molecule has 0 amide bonds. The number of carbonyl (C=O) groups is 1. The van der Waals surface area contributed by atoms with Crippen molar-refractivity contribution in [1.82, 2.24) is 4.98 Å². The van der Waals surface area contributed by atoms with E-state index in [1.807, 2.05) is 60.7 Å². The average Bonchev–Trinajstić information content (AvgIpc) is 3.21. The molecule has 150 valence electrons. The van der Waals surface area contributed by atoms with Gasteiger partial charge >= 0.3 is 0 Å². The number of hydrogen-bond donors (Lipinski definition) is 0. The fraction of sp³-hybridized carbons (Fsp3) is 0.120. The van der Waals surface area contributed by atoms with Crippen LogP contribution in [0.15, 0.2) is 81.7 Å². The normalized spacial score (nSPS) is 11.6. The van der Waals surface area contributed by atoms with Gasteiger partial charge in [-0.3, -0.25) is 4.79 Å². The molecule has 3 aromatic carbocycles. The molecule has 0 aliphatic rings. The molecule has 0 N–H and O–H groups in total. The van der Waals surface area contributed by atoms with E-state index >= 15 is 0 Å². The number of allylic oxidation sites excluding steroid dienone is 1. The zero-order valence-corrected chi connectivity index (χ0v) is 18.1. The molecule has 0 spiro atoms. The maximum atomic E-state index is 13.4. The van der Waals surface area contributed by atoms with Crippen LogP contribution >= 0.6 is 15.9 Å². The summed E-state index contributed by atoms with van der Waals surface area (Å²) in [5.74, 6) is 0.885. The lowest BCUT2D eigenvalue weighted by Gasteiger charge is -2.07. The molecule has 0 atom stereocenters. The topological polar surface area (TPSA) is 52.3 Å². The molecule has 0 aliphatic carbocycles. The Morgan fingerprint density at radius 1 is 1.03 bits per heavy atom. The van der Waals surface area contributed by atoms with Gasteiger partial charge in [0.15, 0.2) is 11.4 Å². The number of para-hydroxylation sites is 2. The number of nitrogens with zero attached hydrogens (tertiary/aromatic N) is 1.